The third kappa shape index (κ3) is 2.82. The second-order valence-electron chi connectivity index (χ2n) is 5.09. The van der Waals surface area contributed by atoms with Crippen molar-refractivity contribution in [1.29, 1.82) is 0 Å². The van der Waals surface area contributed by atoms with Crippen molar-refractivity contribution in [2.24, 2.45) is 5.73 Å². The molecule has 2 N–H and O–H groups in total. The first-order valence-corrected chi connectivity index (χ1v) is 6.71. The molecule has 1 aromatic rings. The molecule has 0 aromatic carbocycles. The highest BCUT2D eigenvalue weighted by atomic mass is 16.5. The summed E-state index contributed by atoms with van der Waals surface area (Å²) in [4.78, 5) is 6.84. The van der Waals surface area contributed by atoms with Gasteiger partial charge < -0.3 is 15.4 Å². The predicted molar refractivity (Wildman–Crippen MR) is 73.7 cm³/mol. The Morgan fingerprint density at radius 3 is 3.06 bits per heavy atom. The van der Waals surface area contributed by atoms with Crippen LogP contribution < -0.4 is 10.6 Å². The summed E-state index contributed by atoms with van der Waals surface area (Å²) in [5.74, 6) is 1.02. The van der Waals surface area contributed by atoms with Crippen molar-refractivity contribution >= 4 is 5.82 Å². The van der Waals surface area contributed by atoms with E-state index in [2.05, 4.69) is 29.8 Å². The number of rotatable bonds is 3. The van der Waals surface area contributed by atoms with E-state index < -0.39 is 0 Å². The summed E-state index contributed by atoms with van der Waals surface area (Å²) in [7, 11) is 0. The number of hydrogen-bond acceptors (Lipinski definition) is 4. The van der Waals surface area contributed by atoms with Crippen LogP contribution in [0.3, 0.4) is 0 Å². The van der Waals surface area contributed by atoms with Gasteiger partial charge in [0.2, 0.25) is 0 Å². The van der Waals surface area contributed by atoms with Crippen LogP contribution in [0.25, 0.3) is 0 Å². The summed E-state index contributed by atoms with van der Waals surface area (Å²) in [6, 6.07) is 4.55. The van der Waals surface area contributed by atoms with Gasteiger partial charge in [-0.1, -0.05) is 6.92 Å². The molecule has 0 spiro atoms. The fourth-order valence-corrected chi connectivity index (χ4v) is 2.34. The molecule has 1 aromatic heterocycles. The normalized spacial score (nSPS) is 26.1. The first kappa shape index (κ1) is 13.3. The zero-order valence-corrected chi connectivity index (χ0v) is 11.5. The maximum atomic E-state index is 5.94. The summed E-state index contributed by atoms with van der Waals surface area (Å²) in [6.45, 7) is 7.97. The van der Waals surface area contributed by atoms with Gasteiger partial charge in [0.05, 0.1) is 18.8 Å². The van der Waals surface area contributed by atoms with Crippen LogP contribution in [0.15, 0.2) is 18.3 Å². The Hall–Kier alpha value is -1.13. The Kier molecular flexibility index (Phi) is 4.19. The van der Waals surface area contributed by atoms with Crippen LogP contribution in [0.2, 0.25) is 0 Å². The SMILES string of the molecule is CCC1COC(C)CN1c1cc([C@H](C)N)ccn1. The Bertz CT molecular complexity index is 394. The number of nitrogens with two attached hydrogens (primary N) is 1. The zero-order valence-electron chi connectivity index (χ0n) is 11.5. The maximum absolute atomic E-state index is 5.94. The van der Waals surface area contributed by atoms with Gasteiger partial charge in [-0.05, 0) is 38.0 Å². The van der Waals surface area contributed by atoms with Crippen molar-refractivity contribution in [3.05, 3.63) is 23.9 Å². The van der Waals surface area contributed by atoms with E-state index in [1.807, 2.05) is 19.2 Å². The van der Waals surface area contributed by atoms with E-state index >= 15 is 0 Å². The summed E-state index contributed by atoms with van der Waals surface area (Å²) in [6.07, 6.45) is 3.17. The maximum Gasteiger partial charge on any atom is 0.129 e. The predicted octanol–water partition coefficient (Wildman–Crippen LogP) is 2.10. The van der Waals surface area contributed by atoms with Crippen molar-refractivity contribution in [3.63, 3.8) is 0 Å². The number of anilines is 1. The minimum Gasteiger partial charge on any atom is -0.375 e. The molecule has 18 heavy (non-hydrogen) atoms. The van der Waals surface area contributed by atoms with Gasteiger partial charge in [0, 0.05) is 18.8 Å². The monoisotopic (exact) mass is 249 g/mol. The summed E-state index contributed by atoms with van der Waals surface area (Å²) in [5.41, 5.74) is 7.07. The number of ether oxygens (including phenoxy) is 1. The van der Waals surface area contributed by atoms with Crippen LogP contribution in [0.5, 0.6) is 0 Å². The minimum absolute atomic E-state index is 0.0466. The lowest BCUT2D eigenvalue weighted by atomic mass is 10.1. The molecule has 1 saturated heterocycles. The lowest BCUT2D eigenvalue weighted by Gasteiger charge is -2.39. The molecule has 2 rings (SSSR count). The summed E-state index contributed by atoms with van der Waals surface area (Å²) in [5, 5.41) is 0. The van der Waals surface area contributed by atoms with Crippen LogP contribution >= 0.6 is 0 Å². The quantitative estimate of drug-likeness (QED) is 0.891. The molecule has 0 aliphatic carbocycles. The fourth-order valence-electron chi connectivity index (χ4n) is 2.34. The van der Waals surface area contributed by atoms with Crippen molar-refractivity contribution < 1.29 is 4.74 Å². The van der Waals surface area contributed by atoms with E-state index in [1.54, 1.807) is 0 Å². The van der Waals surface area contributed by atoms with Gasteiger partial charge in [-0.3, -0.25) is 0 Å². The van der Waals surface area contributed by atoms with Gasteiger partial charge in [0.25, 0.3) is 0 Å². The Labute approximate surface area is 109 Å². The van der Waals surface area contributed by atoms with Gasteiger partial charge in [-0.15, -0.1) is 0 Å². The first-order valence-electron chi connectivity index (χ1n) is 6.71. The van der Waals surface area contributed by atoms with Gasteiger partial charge >= 0.3 is 0 Å². The molecule has 0 bridgehead atoms. The van der Waals surface area contributed by atoms with E-state index in [0.717, 1.165) is 31.0 Å². The van der Waals surface area contributed by atoms with Crippen LogP contribution in [0.4, 0.5) is 5.82 Å². The topological polar surface area (TPSA) is 51.4 Å². The van der Waals surface area contributed by atoms with Gasteiger partial charge in [-0.25, -0.2) is 4.98 Å². The fraction of sp³-hybridized carbons (Fsp3) is 0.643. The van der Waals surface area contributed by atoms with Gasteiger partial charge in [0.15, 0.2) is 0 Å². The van der Waals surface area contributed by atoms with Crippen LogP contribution in [0.1, 0.15) is 38.8 Å². The Morgan fingerprint density at radius 2 is 2.39 bits per heavy atom. The molecule has 2 heterocycles. The van der Waals surface area contributed by atoms with E-state index in [0.29, 0.717) is 6.04 Å². The first-order chi connectivity index (χ1) is 8.61. The largest absolute Gasteiger partial charge is 0.375 e. The van der Waals surface area contributed by atoms with E-state index in [-0.39, 0.29) is 12.1 Å². The lowest BCUT2D eigenvalue weighted by Crippen LogP contribution is -2.49. The number of morpholine rings is 1. The average Bonchev–Trinajstić information content (AvgIpc) is 2.39. The number of hydrogen-bond donors (Lipinski definition) is 1. The second kappa shape index (κ2) is 5.67. The molecular weight excluding hydrogens is 226 g/mol. The average molecular weight is 249 g/mol. The van der Waals surface area contributed by atoms with Crippen LogP contribution in [-0.4, -0.2) is 30.3 Å². The molecular formula is C14H23N3O. The number of pyridine rings is 1. The summed E-state index contributed by atoms with van der Waals surface area (Å²) < 4.78 is 5.72. The highest BCUT2D eigenvalue weighted by Gasteiger charge is 2.26. The molecule has 4 nitrogen and oxygen atoms in total. The van der Waals surface area contributed by atoms with Gasteiger partial charge in [0.1, 0.15) is 5.82 Å². The van der Waals surface area contributed by atoms with E-state index in [1.165, 1.54) is 0 Å². The number of aromatic nitrogens is 1. The molecule has 0 saturated carbocycles. The molecule has 1 aliphatic rings. The van der Waals surface area contributed by atoms with Crippen molar-refractivity contribution in [2.45, 2.75) is 45.4 Å². The molecule has 3 atom stereocenters. The van der Waals surface area contributed by atoms with Crippen molar-refractivity contribution in [2.75, 3.05) is 18.1 Å². The molecule has 100 valence electrons. The standard InChI is InChI=1S/C14H23N3O/c1-4-13-9-18-10(2)8-17(13)14-7-12(11(3)15)5-6-16-14/h5-7,10-11,13H,4,8-9,15H2,1-3H3/t10?,11-,13?/m0/s1. The third-order valence-corrected chi connectivity index (χ3v) is 3.53. The molecule has 2 unspecified atom stereocenters. The van der Waals surface area contributed by atoms with Crippen molar-refractivity contribution in [1.82, 2.24) is 4.98 Å². The van der Waals surface area contributed by atoms with Gasteiger partial charge in [-0.2, -0.15) is 0 Å². The lowest BCUT2D eigenvalue weighted by molar-refractivity contribution is 0.0296. The molecule has 4 heteroatoms. The third-order valence-electron chi connectivity index (χ3n) is 3.53. The number of nitrogens with zero attached hydrogens (tertiary/aromatic N) is 2. The molecule has 1 fully saturated rings. The van der Waals surface area contributed by atoms with Crippen LogP contribution in [-0.2, 0) is 4.74 Å². The Balaban J connectivity index is 2.24. The van der Waals surface area contributed by atoms with Crippen LogP contribution in [0, 0.1) is 0 Å². The molecule has 0 radical (unpaired) electrons. The Morgan fingerprint density at radius 1 is 1.61 bits per heavy atom. The van der Waals surface area contributed by atoms with Crippen molar-refractivity contribution in [3.8, 4) is 0 Å². The second-order valence-corrected chi connectivity index (χ2v) is 5.09. The van der Waals surface area contributed by atoms with E-state index in [9.17, 15) is 0 Å². The zero-order chi connectivity index (χ0) is 13.1. The molecule has 0 amide bonds. The highest BCUT2D eigenvalue weighted by Crippen LogP contribution is 2.23. The smallest absolute Gasteiger partial charge is 0.129 e. The highest BCUT2D eigenvalue weighted by molar-refractivity contribution is 5.43. The van der Waals surface area contributed by atoms with E-state index in [4.69, 9.17) is 10.5 Å². The minimum atomic E-state index is 0.0466. The molecule has 1 aliphatic heterocycles. The summed E-state index contributed by atoms with van der Waals surface area (Å²) >= 11 is 0.